The zero-order valence-electron chi connectivity index (χ0n) is 16.1. The van der Waals surface area contributed by atoms with Crippen LogP contribution in [-0.2, 0) is 4.74 Å². The smallest absolute Gasteiger partial charge is 0.360 e. The van der Waals surface area contributed by atoms with E-state index in [1.165, 1.54) is 0 Å². The van der Waals surface area contributed by atoms with Gasteiger partial charge in [-0.1, -0.05) is 17.7 Å². The standard InChI is InChI=1S/C21H17F2N3O4/c1-3-30-21(29)19-17(24-20(28)15-9-6-13(22)10-16(15)23)11-18(27)26(25-19)14-7-4-12(2)5-8-14/h4-11H,3H2,1-2H3,(H,24,28). The number of aromatic nitrogens is 2. The first kappa shape index (κ1) is 20.8. The molecule has 154 valence electrons. The van der Waals surface area contributed by atoms with Gasteiger partial charge in [0.05, 0.1) is 23.5 Å². The summed E-state index contributed by atoms with van der Waals surface area (Å²) in [7, 11) is 0. The summed E-state index contributed by atoms with van der Waals surface area (Å²) < 4.78 is 32.9. The van der Waals surface area contributed by atoms with Gasteiger partial charge >= 0.3 is 5.97 Å². The highest BCUT2D eigenvalue weighted by molar-refractivity contribution is 6.07. The van der Waals surface area contributed by atoms with Crippen LogP contribution >= 0.6 is 0 Å². The number of aryl methyl sites for hydroxylation is 1. The number of ether oxygens (including phenoxy) is 1. The zero-order valence-corrected chi connectivity index (χ0v) is 16.1. The average Bonchev–Trinajstić information content (AvgIpc) is 2.69. The Bertz CT molecular complexity index is 1170. The Balaban J connectivity index is 2.05. The van der Waals surface area contributed by atoms with Crippen molar-refractivity contribution in [3.63, 3.8) is 0 Å². The number of esters is 1. The number of hydrogen-bond acceptors (Lipinski definition) is 5. The normalized spacial score (nSPS) is 10.5. The van der Waals surface area contributed by atoms with Crippen molar-refractivity contribution in [3.05, 3.63) is 87.3 Å². The largest absolute Gasteiger partial charge is 0.461 e. The molecule has 0 fully saturated rings. The molecule has 3 aromatic rings. The molecule has 1 amide bonds. The Labute approximate surface area is 169 Å². The molecule has 9 heteroatoms. The number of halogens is 2. The van der Waals surface area contributed by atoms with Crippen LogP contribution in [0.2, 0.25) is 0 Å². The fourth-order valence-electron chi connectivity index (χ4n) is 2.64. The van der Waals surface area contributed by atoms with E-state index in [0.717, 1.165) is 28.4 Å². The highest BCUT2D eigenvalue weighted by Gasteiger charge is 2.22. The fourth-order valence-corrected chi connectivity index (χ4v) is 2.64. The van der Waals surface area contributed by atoms with Crippen molar-refractivity contribution < 1.29 is 23.1 Å². The monoisotopic (exact) mass is 413 g/mol. The molecule has 0 unspecified atom stereocenters. The van der Waals surface area contributed by atoms with Crippen LogP contribution < -0.4 is 10.9 Å². The molecule has 0 radical (unpaired) electrons. The first-order valence-corrected chi connectivity index (χ1v) is 8.95. The second-order valence-electron chi connectivity index (χ2n) is 6.29. The molecule has 2 aromatic carbocycles. The predicted molar refractivity (Wildman–Crippen MR) is 105 cm³/mol. The van der Waals surface area contributed by atoms with Gasteiger partial charge in [-0.3, -0.25) is 9.59 Å². The Kier molecular flexibility index (Phi) is 6.01. The predicted octanol–water partition coefficient (Wildman–Crippen LogP) is 3.25. The number of anilines is 1. The van der Waals surface area contributed by atoms with E-state index in [4.69, 9.17) is 4.74 Å². The Hall–Kier alpha value is -3.88. The lowest BCUT2D eigenvalue weighted by atomic mass is 10.2. The van der Waals surface area contributed by atoms with Crippen molar-refractivity contribution in [2.45, 2.75) is 13.8 Å². The van der Waals surface area contributed by atoms with Gasteiger partial charge in [0.1, 0.15) is 11.6 Å². The third-order valence-corrected chi connectivity index (χ3v) is 4.10. The Morgan fingerprint density at radius 3 is 2.43 bits per heavy atom. The Morgan fingerprint density at radius 1 is 1.10 bits per heavy atom. The van der Waals surface area contributed by atoms with Gasteiger partial charge in [-0.25, -0.2) is 13.6 Å². The number of benzene rings is 2. The summed E-state index contributed by atoms with van der Waals surface area (Å²) in [6.07, 6.45) is 0. The highest BCUT2D eigenvalue weighted by atomic mass is 19.1. The minimum absolute atomic E-state index is 0.0319. The van der Waals surface area contributed by atoms with Gasteiger partial charge in [0, 0.05) is 12.1 Å². The fraction of sp³-hybridized carbons (Fsp3) is 0.143. The molecule has 1 aromatic heterocycles. The first-order valence-electron chi connectivity index (χ1n) is 8.95. The summed E-state index contributed by atoms with van der Waals surface area (Å²) in [4.78, 5) is 37.4. The van der Waals surface area contributed by atoms with Gasteiger partial charge in [0.15, 0.2) is 5.69 Å². The number of hydrogen-bond donors (Lipinski definition) is 1. The van der Waals surface area contributed by atoms with Crippen LogP contribution in [0.25, 0.3) is 5.69 Å². The lowest BCUT2D eigenvalue weighted by Gasteiger charge is -2.13. The number of nitrogens with one attached hydrogen (secondary N) is 1. The molecular formula is C21H17F2N3O4. The van der Waals surface area contributed by atoms with E-state index in [1.54, 1.807) is 31.2 Å². The molecule has 0 saturated heterocycles. The number of rotatable bonds is 5. The van der Waals surface area contributed by atoms with E-state index in [1.807, 2.05) is 6.92 Å². The minimum Gasteiger partial charge on any atom is -0.461 e. The van der Waals surface area contributed by atoms with Gasteiger partial charge in [-0.15, -0.1) is 0 Å². The van der Waals surface area contributed by atoms with E-state index in [0.29, 0.717) is 11.8 Å². The van der Waals surface area contributed by atoms with Crippen molar-refractivity contribution in [3.8, 4) is 5.69 Å². The molecule has 0 aliphatic carbocycles. The van der Waals surface area contributed by atoms with Crippen LogP contribution in [-0.4, -0.2) is 28.3 Å². The van der Waals surface area contributed by atoms with Crippen molar-refractivity contribution in [2.75, 3.05) is 11.9 Å². The molecule has 0 bridgehead atoms. The zero-order chi connectivity index (χ0) is 21.8. The molecule has 30 heavy (non-hydrogen) atoms. The van der Waals surface area contributed by atoms with E-state index in [-0.39, 0.29) is 18.0 Å². The number of carbonyl (C=O) groups excluding carboxylic acids is 2. The number of carbonyl (C=O) groups is 2. The van der Waals surface area contributed by atoms with Crippen LogP contribution in [0, 0.1) is 18.6 Å². The van der Waals surface area contributed by atoms with Crippen molar-refractivity contribution in [1.82, 2.24) is 9.78 Å². The van der Waals surface area contributed by atoms with Crippen LogP contribution in [0.1, 0.15) is 33.3 Å². The molecule has 0 spiro atoms. The lowest BCUT2D eigenvalue weighted by molar-refractivity contribution is 0.0518. The third kappa shape index (κ3) is 4.40. The molecule has 1 heterocycles. The Morgan fingerprint density at radius 2 is 1.80 bits per heavy atom. The van der Waals surface area contributed by atoms with Crippen molar-refractivity contribution in [1.29, 1.82) is 0 Å². The number of nitrogens with zero attached hydrogens (tertiary/aromatic N) is 2. The van der Waals surface area contributed by atoms with Crippen molar-refractivity contribution >= 4 is 17.6 Å². The van der Waals surface area contributed by atoms with Crippen LogP contribution in [0.5, 0.6) is 0 Å². The maximum Gasteiger partial charge on any atom is 0.360 e. The second-order valence-corrected chi connectivity index (χ2v) is 6.29. The molecular weight excluding hydrogens is 396 g/mol. The molecule has 0 atom stereocenters. The second kappa shape index (κ2) is 8.64. The summed E-state index contributed by atoms with van der Waals surface area (Å²) in [6.45, 7) is 3.49. The number of amides is 1. The maximum atomic E-state index is 13.9. The molecule has 3 rings (SSSR count). The maximum absolute atomic E-state index is 13.9. The van der Waals surface area contributed by atoms with Crippen LogP contribution in [0.3, 0.4) is 0 Å². The van der Waals surface area contributed by atoms with E-state index < -0.39 is 34.6 Å². The highest BCUT2D eigenvalue weighted by Crippen LogP contribution is 2.17. The van der Waals surface area contributed by atoms with Gasteiger partial charge in [-0.05, 0) is 38.1 Å². The van der Waals surface area contributed by atoms with Gasteiger partial charge < -0.3 is 10.1 Å². The van der Waals surface area contributed by atoms with Crippen molar-refractivity contribution in [2.24, 2.45) is 0 Å². The summed E-state index contributed by atoms with van der Waals surface area (Å²) in [5, 5.41) is 6.31. The SMILES string of the molecule is CCOC(=O)c1nn(-c2ccc(C)cc2)c(=O)cc1NC(=O)c1ccc(F)cc1F. The third-order valence-electron chi connectivity index (χ3n) is 4.10. The van der Waals surface area contributed by atoms with Crippen LogP contribution in [0.4, 0.5) is 14.5 Å². The average molecular weight is 413 g/mol. The summed E-state index contributed by atoms with van der Waals surface area (Å²) >= 11 is 0. The summed E-state index contributed by atoms with van der Waals surface area (Å²) in [5.74, 6) is -3.80. The molecule has 0 aliphatic rings. The quantitative estimate of drug-likeness (QED) is 0.649. The lowest BCUT2D eigenvalue weighted by Crippen LogP contribution is -2.27. The van der Waals surface area contributed by atoms with E-state index in [9.17, 15) is 23.2 Å². The molecule has 0 aliphatic heterocycles. The van der Waals surface area contributed by atoms with Gasteiger partial charge in [0.2, 0.25) is 0 Å². The van der Waals surface area contributed by atoms with E-state index >= 15 is 0 Å². The van der Waals surface area contributed by atoms with Gasteiger partial charge in [-0.2, -0.15) is 9.78 Å². The minimum atomic E-state index is -1.09. The van der Waals surface area contributed by atoms with E-state index in [2.05, 4.69) is 10.4 Å². The molecule has 7 nitrogen and oxygen atoms in total. The van der Waals surface area contributed by atoms with Gasteiger partial charge in [0.25, 0.3) is 11.5 Å². The molecule has 0 saturated carbocycles. The first-order chi connectivity index (χ1) is 14.3. The van der Waals surface area contributed by atoms with Crippen LogP contribution in [0.15, 0.2) is 53.3 Å². The summed E-state index contributed by atoms with van der Waals surface area (Å²) in [6, 6.07) is 10.2. The summed E-state index contributed by atoms with van der Waals surface area (Å²) in [5.41, 5.74) is -0.333. The molecule has 1 N–H and O–H groups in total. The topological polar surface area (TPSA) is 90.3 Å².